The number of nitrogens with one attached hydrogen (secondary N) is 1. The van der Waals surface area contributed by atoms with Crippen molar-refractivity contribution in [1.82, 2.24) is 5.32 Å². The average molecular weight is 611 g/mol. The fourth-order valence-corrected chi connectivity index (χ4v) is 6.64. The molecule has 3 aliphatic rings. The van der Waals surface area contributed by atoms with Crippen LogP contribution < -0.4 is 14.8 Å². The molecule has 0 bridgehead atoms. The number of phenols is 1. The van der Waals surface area contributed by atoms with Gasteiger partial charge in [-0.2, -0.15) is 0 Å². The smallest absolute Gasteiger partial charge is 0.337 e. The quantitative estimate of drug-likeness (QED) is 0.333. The summed E-state index contributed by atoms with van der Waals surface area (Å²) in [6.07, 6.45) is 5.78. The maximum Gasteiger partial charge on any atom is 0.337 e. The minimum absolute atomic E-state index is 0.000568. The molecule has 2 aromatic carbocycles. The van der Waals surface area contributed by atoms with E-state index in [4.69, 9.17) is 14.2 Å². The number of esters is 1. The second-order valence-electron chi connectivity index (χ2n) is 10.7. The van der Waals surface area contributed by atoms with Crippen molar-refractivity contribution in [3.8, 4) is 17.2 Å². The Morgan fingerprint density at radius 1 is 1.07 bits per heavy atom. The van der Waals surface area contributed by atoms with Gasteiger partial charge in [-0.3, -0.25) is 4.79 Å². The first-order valence-corrected chi connectivity index (χ1v) is 14.8. The van der Waals surface area contributed by atoms with Crippen molar-refractivity contribution in [2.24, 2.45) is 0 Å². The minimum Gasteiger partial charge on any atom is -0.503 e. The summed E-state index contributed by atoms with van der Waals surface area (Å²) in [5, 5.41) is 14.0. The van der Waals surface area contributed by atoms with Crippen molar-refractivity contribution in [2.45, 2.75) is 76.7 Å². The molecular weight excluding hydrogens is 574 g/mol. The largest absolute Gasteiger partial charge is 0.503 e. The molecule has 2 atom stereocenters. The van der Waals surface area contributed by atoms with Gasteiger partial charge in [0.2, 0.25) is 0 Å². The van der Waals surface area contributed by atoms with E-state index < -0.39 is 11.9 Å². The molecule has 0 spiro atoms. The number of aromatic hydroxyl groups is 1. The third-order valence-electron chi connectivity index (χ3n) is 8.14. The number of phenolic OH excluding ortho intramolecular Hbond substituents is 1. The van der Waals surface area contributed by atoms with Gasteiger partial charge in [0.15, 0.2) is 17.3 Å². The maximum atomic E-state index is 14.0. The van der Waals surface area contributed by atoms with E-state index in [1.165, 1.54) is 0 Å². The second-order valence-corrected chi connectivity index (χ2v) is 11.6. The van der Waals surface area contributed by atoms with Gasteiger partial charge in [0.05, 0.1) is 23.8 Å². The third-order valence-corrected chi connectivity index (χ3v) is 8.75. The Morgan fingerprint density at radius 3 is 2.48 bits per heavy atom. The van der Waals surface area contributed by atoms with E-state index in [1.807, 2.05) is 38.1 Å². The molecule has 40 heavy (non-hydrogen) atoms. The highest BCUT2D eigenvalue weighted by molar-refractivity contribution is 9.10. The molecule has 2 N–H and O–H groups in total. The van der Waals surface area contributed by atoms with Gasteiger partial charge < -0.3 is 24.6 Å². The van der Waals surface area contributed by atoms with E-state index in [0.29, 0.717) is 52.1 Å². The van der Waals surface area contributed by atoms with Crippen molar-refractivity contribution < 1.29 is 28.9 Å². The first-order chi connectivity index (χ1) is 19.3. The highest BCUT2D eigenvalue weighted by Crippen LogP contribution is 2.48. The summed E-state index contributed by atoms with van der Waals surface area (Å²) in [5.74, 6) is -0.0190. The highest BCUT2D eigenvalue weighted by Gasteiger charge is 2.42. The fourth-order valence-electron chi connectivity index (χ4n) is 6.18. The van der Waals surface area contributed by atoms with Gasteiger partial charge >= 0.3 is 5.97 Å². The molecule has 2 aromatic rings. The second kappa shape index (κ2) is 12.1. The molecule has 7 nitrogen and oxygen atoms in total. The van der Waals surface area contributed by atoms with Gasteiger partial charge in [0.25, 0.3) is 0 Å². The Morgan fingerprint density at radius 2 is 1.80 bits per heavy atom. The number of ether oxygens (including phenoxy) is 3. The van der Waals surface area contributed by atoms with Crippen LogP contribution in [0, 0.1) is 0 Å². The van der Waals surface area contributed by atoms with Crippen LogP contribution in [-0.2, 0) is 14.3 Å². The highest BCUT2D eigenvalue weighted by atomic mass is 79.9. The number of carbonyl (C=O) groups is 2. The van der Waals surface area contributed by atoms with Crippen molar-refractivity contribution >= 4 is 27.7 Å². The van der Waals surface area contributed by atoms with Crippen molar-refractivity contribution in [3.05, 3.63) is 74.5 Å². The van der Waals surface area contributed by atoms with Crippen LogP contribution in [0.4, 0.5) is 0 Å². The predicted molar refractivity (Wildman–Crippen MR) is 156 cm³/mol. The number of hydrogen-bond donors (Lipinski definition) is 2. The number of allylic oxidation sites excluding steroid dienone is 3. The van der Waals surface area contributed by atoms with Crippen LogP contribution in [0.2, 0.25) is 0 Å². The zero-order chi connectivity index (χ0) is 28.4. The van der Waals surface area contributed by atoms with Crippen LogP contribution in [-0.4, -0.2) is 36.7 Å². The molecule has 1 fully saturated rings. The van der Waals surface area contributed by atoms with Crippen molar-refractivity contribution in [3.63, 3.8) is 0 Å². The monoisotopic (exact) mass is 609 g/mol. The third kappa shape index (κ3) is 5.64. The molecule has 1 aliphatic heterocycles. The van der Waals surface area contributed by atoms with Gasteiger partial charge in [-0.05, 0) is 103 Å². The molecule has 1 saturated carbocycles. The number of hydrogen-bond acceptors (Lipinski definition) is 7. The summed E-state index contributed by atoms with van der Waals surface area (Å²) < 4.78 is 17.5. The van der Waals surface area contributed by atoms with E-state index in [-0.39, 0.29) is 23.6 Å². The first-order valence-electron chi connectivity index (χ1n) is 14.0. The molecule has 0 aromatic heterocycles. The van der Waals surface area contributed by atoms with E-state index in [0.717, 1.165) is 49.1 Å². The van der Waals surface area contributed by atoms with Gasteiger partial charge in [-0.1, -0.05) is 18.6 Å². The molecular formula is C32H36BrNO6. The predicted octanol–water partition coefficient (Wildman–Crippen LogP) is 6.80. The Labute approximate surface area is 243 Å². The number of halogens is 1. The molecule has 1 heterocycles. The number of ketones is 1. The Kier molecular flexibility index (Phi) is 8.54. The number of methoxy groups -OCH3 is 1. The summed E-state index contributed by atoms with van der Waals surface area (Å²) in [5.41, 5.74) is 4.25. The maximum absolute atomic E-state index is 14.0. The molecule has 212 valence electrons. The number of dihydropyridines is 1. The molecule has 2 aliphatic carbocycles. The Hall–Kier alpha value is -3.26. The van der Waals surface area contributed by atoms with Crippen LogP contribution in [0.25, 0.3) is 0 Å². The lowest BCUT2D eigenvalue weighted by Crippen LogP contribution is -2.37. The lowest BCUT2D eigenvalue weighted by atomic mass is 9.71. The number of rotatable bonds is 7. The Bertz CT molecular complexity index is 1360. The zero-order valence-electron chi connectivity index (χ0n) is 23.2. The van der Waals surface area contributed by atoms with Gasteiger partial charge in [0.1, 0.15) is 11.9 Å². The number of benzene rings is 2. The molecule has 0 radical (unpaired) electrons. The summed E-state index contributed by atoms with van der Waals surface area (Å²) in [7, 11) is 1.63. The Balaban J connectivity index is 1.57. The average Bonchev–Trinajstić information content (AvgIpc) is 2.95. The van der Waals surface area contributed by atoms with Crippen molar-refractivity contribution in [2.75, 3.05) is 13.7 Å². The van der Waals surface area contributed by atoms with E-state index in [1.54, 1.807) is 19.2 Å². The van der Waals surface area contributed by atoms with Crippen LogP contribution in [0.15, 0.2) is 63.4 Å². The number of carbonyl (C=O) groups excluding carboxylic acids is 2. The van der Waals surface area contributed by atoms with Crippen LogP contribution in [0.5, 0.6) is 17.2 Å². The van der Waals surface area contributed by atoms with E-state index in [2.05, 4.69) is 21.2 Å². The standard InChI is InChI=1S/C32H36BrNO6/c1-4-39-27-17-21(14-24(33)31(27)36)29-28(32(37)40-23-8-6-5-7-9-23)18(2)34-25-15-20(16-26(35)30(25)29)19-10-12-22(38-3)13-11-19/h10-14,17,20,23,29,34,36H,4-9,15-16H2,1-3H3/t20-,29-/m0/s1. The minimum atomic E-state index is -0.646. The molecule has 0 amide bonds. The summed E-state index contributed by atoms with van der Waals surface area (Å²) in [4.78, 5) is 27.7. The number of Topliss-reactive ketones (excluding diaryl/α,β-unsaturated/α-hetero) is 1. The van der Waals surface area contributed by atoms with E-state index in [9.17, 15) is 14.7 Å². The molecule has 5 rings (SSSR count). The molecule has 0 saturated heterocycles. The first kappa shape index (κ1) is 28.3. The molecule has 0 unspecified atom stereocenters. The zero-order valence-corrected chi connectivity index (χ0v) is 24.8. The van der Waals surface area contributed by atoms with Gasteiger partial charge in [0, 0.05) is 29.3 Å². The van der Waals surface area contributed by atoms with Crippen LogP contribution >= 0.6 is 15.9 Å². The van der Waals surface area contributed by atoms with Gasteiger partial charge in [-0.25, -0.2) is 4.79 Å². The lowest BCUT2D eigenvalue weighted by molar-refractivity contribution is -0.146. The summed E-state index contributed by atoms with van der Waals surface area (Å²) in [6, 6.07) is 11.3. The summed E-state index contributed by atoms with van der Waals surface area (Å²) in [6.45, 7) is 4.07. The van der Waals surface area contributed by atoms with E-state index >= 15 is 0 Å². The SMILES string of the molecule is CCOc1cc([C@H]2C(C(=O)OC3CCCCC3)=C(C)NC3=C2C(=O)C[C@@H](c2ccc(OC)cc2)C3)cc(Br)c1O. The summed E-state index contributed by atoms with van der Waals surface area (Å²) >= 11 is 3.45. The lowest BCUT2D eigenvalue weighted by Gasteiger charge is -2.37. The van der Waals surface area contributed by atoms with Crippen LogP contribution in [0.1, 0.15) is 81.8 Å². The normalized spacial score (nSPS) is 21.6. The fraction of sp³-hybridized carbons (Fsp3) is 0.438. The topological polar surface area (TPSA) is 94.1 Å². The van der Waals surface area contributed by atoms with Gasteiger partial charge in [-0.15, -0.1) is 0 Å². The van der Waals surface area contributed by atoms with Crippen LogP contribution in [0.3, 0.4) is 0 Å². The van der Waals surface area contributed by atoms with Crippen molar-refractivity contribution in [1.29, 1.82) is 0 Å². The molecule has 8 heteroatoms.